The van der Waals surface area contributed by atoms with Crippen molar-refractivity contribution in [3.63, 3.8) is 0 Å². The molecule has 0 bridgehead atoms. The lowest BCUT2D eigenvalue weighted by Crippen LogP contribution is -2.54. The Morgan fingerprint density at radius 3 is 2.57 bits per heavy atom. The SMILES string of the molecule is CC(C)C(CNC(=O)CC1CCCN1)N1CCN(C)CC1. The van der Waals surface area contributed by atoms with Crippen LogP contribution in [-0.4, -0.2) is 74.1 Å². The van der Waals surface area contributed by atoms with Crippen LogP contribution >= 0.6 is 0 Å². The Morgan fingerprint density at radius 1 is 1.29 bits per heavy atom. The second-order valence-corrected chi connectivity index (χ2v) is 6.95. The zero-order valence-corrected chi connectivity index (χ0v) is 13.9. The molecule has 2 N–H and O–H groups in total. The number of likely N-dealkylation sites (N-methyl/N-ethyl adjacent to an activating group) is 1. The van der Waals surface area contributed by atoms with Gasteiger partial charge >= 0.3 is 0 Å². The fourth-order valence-electron chi connectivity index (χ4n) is 3.39. The molecule has 2 fully saturated rings. The summed E-state index contributed by atoms with van der Waals surface area (Å²) in [4.78, 5) is 17.0. The molecule has 2 aliphatic heterocycles. The Morgan fingerprint density at radius 2 is 2.00 bits per heavy atom. The highest BCUT2D eigenvalue weighted by Gasteiger charge is 2.25. The maximum Gasteiger partial charge on any atom is 0.221 e. The van der Waals surface area contributed by atoms with Crippen LogP contribution in [0.4, 0.5) is 0 Å². The molecule has 0 aliphatic carbocycles. The Labute approximate surface area is 129 Å². The van der Waals surface area contributed by atoms with E-state index in [1.165, 1.54) is 6.42 Å². The molecule has 1 amide bonds. The first-order valence-electron chi connectivity index (χ1n) is 8.49. The fourth-order valence-corrected chi connectivity index (χ4v) is 3.39. The number of carbonyl (C=O) groups excluding carboxylic acids is 1. The van der Waals surface area contributed by atoms with Crippen LogP contribution in [0.15, 0.2) is 0 Å². The first-order valence-corrected chi connectivity index (χ1v) is 8.49. The third kappa shape index (κ3) is 5.24. The van der Waals surface area contributed by atoms with Crippen LogP contribution in [0.2, 0.25) is 0 Å². The lowest BCUT2D eigenvalue weighted by atomic mass is 10.0. The van der Waals surface area contributed by atoms with E-state index in [2.05, 4.69) is 41.3 Å². The highest BCUT2D eigenvalue weighted by atomic mass is 16.1. The van der Waals surface area contributed by atoms with Gasteiger partial charge in [-0.3, -0.25) is 9.69 Å². The van der Waals surface area contributed by atoms with E-state index in [-0.39, 0.29) is 5.91 Å². The number of hydrogen-bond acceptors (Lipinski definition) is 4. The summed E-state index contributed by atoms with van der Waals surface area (Å²) in [7, 11) is 2.18. The molecule has 0 aromatic rings. The zero-order chi connectivity index (χ0) is 15.2. The third-order valence-corrected chi connectivity index (χ3v) is 4.88. The van der Waals surface area contributed by atoms with E-state index in [1.54, 1.807) is 0 Å². The Kier molecular flexibility index (Phi) is 6.45. The van der Waals surface area contributed by atoms with Gasteiger partial charge in [-0.1, -0.05) is 13.8 Å². The average molecular weight is 296 g/mol. The van der Waals surface area contributed by atoms with Gasteiger partial charge in [-0.2, -0.15) is 0 Å². The van der Waals surface area contributed by atoms with Gasteiger partial charge in [0.25, 0.3) is 0 Å². The van der Waals surface area contributed by atoms with Gasteiger partial charge in [0.2, 0.25) is 5.91 Å². The van der Waals surface area contributed by atoms with Crippen LogP contribution in [0, 0.1) is 5.92 Å². The molecule has 2 heterocycles. The van der Waals surface area contributed by atoms with Crippen molar-refractivity contribution in [1.82, 2.24) is 20.4 Å². The highest BCUT2D eigenvalue weighted by molar-refractivity contribution is 5.76. The van der Waals surface area contributed by atoms with Crippen molar-refractivity contribution in [2.45, 2.75) is 45.2 Å². The number of hydrogen-bond donors (Lipinski definition) is 2. The second kappa shape index (κ2) is 8.11. The van der Waals surface area contributed by atoms with E-state index in [0.29, 0.717) is 24.4 Å². The summed E-state index contributed by atoms with van der Waals surface area (Å²) in [6.45, 7) is 10.8. The third-order valence-electron chi connectivity index (χ3n) is 4.88. The number of rotatable bonds is 6. The molecule has 2 atom stereocenters. The molecule has 0 aromatic carbocycles. The Bertz CT molecular complexity index is 320. The second-order valence-electron chi connectivity index (χ2n) is 6.95. The normalized spacial score (nSPS) is 26.2. The van der Waals surface area contributed by atoms with Crippen LogP contribution in [0.1, 0.15) is 33.1 Å². The summed E-state index contributed by atoms with van der Waals surface area (Å²) in [5, 5.41) is 6.55. The summed E-state index contributed by atoms with van der Waals surface area (Å²) in [5.74, 6) is 0.771. The maximum atomic E-state index is 12.1. The van der Waals surface area contributed by atoms with Gasteiger partial charge in [0.1, 0.15) is 0 Å². The average Bonchev–Trinajstić information content (AvgIpc) is 2.93. The minimum atomic E-state index is 0.203. The molecule has 122 valence electrons. The van der Waals surface area contributed by atoms with Crippen LogP contribution in [0.5, 0.6) is 0 Å². The smallest absolute Gasteiger partial charge is 0.221 e. The minimum absolute atomic E-state index is 0.203. The Balaban J connectivity index is 1.75. The van der Waals surface area contributed by atoms with Crippen molar-refractivity contribution in [3.8, 4) is 0 Å². The standard InChI is InChI=1S/C16H32N4O/c1-13(2)15(20-9-7-19(3)8-10-20)12-18-16(21)11-14-5-4-6-17-14/h13-15,17H,4-12H2,1-3H3,(H,18,21). The van der Waals surface area contributed by atoms with E-state index in [9.17, 15) is 4.79 Å². The number of amides is 1. The molecular formula is C16H32N4O. The van der Waals surface area contributed by atoms with Crippen molar-refractivity contribution < 1.29 is 4.79 Å². The molecule has 2 saturated heterocycles. The number of nitrogens with one attached hydrogen (secondary N) is 2. The quantitative estimate of drug-likeness (QED) is 0.750. The van der Waals surface area contributed by atoms with Gasteiger partial charge in [0, 0.05) is 51.2 Å². The molecule has 0 radical (unpaired) electrons. The lowest BCUT2D eigenvalue weighted by molar-refractivity contribution is -0.121. The molecule has 2 unspecified atom stereocenters. The first-order chi connectivity index (χ1) is 10.1. The predicted molar refractivity (Wildman–Crippen MR) is 86.3 cm³/mol. The minimum Gasteiger partial charge on any atom is -0.354 e. The molecule has 0 saturated carbocycles. The molecule has 2 rings (SSSR count). The topological polar surface area (TPSA) is 47.6 Å². The van der Waals surface area contributed by atoms with Crippen molar-refractivity contribution >= 4 is 5.91 Å². The summed E-state index contributed by atoms with van der Waals surface area (Å²) in [6.07, 6.45) is 2.97. The largest absolute Gasteiger partial charge is 0.354 e. The molecule has 0 spiro atoms. The van der Waals surface area contributed by atoms with Crippen molar-refractivity contribution in [3.05, 3.63) is 0 Å². The van der Waals surface area contributed by atoms with Gasteiger partial charge in [-0.05, 0) is 32.4 Å². The lowest BCUT2D eigenvalue weighted by Gasteiger charge is -2.40. The van der Waals surface area contributed by atoms with Gasteiger partial charge < -0.3 is 15.5 Å². The zero-order valence-electron chi connectivity index (χ0n) is 13.9. The summed E-state index contributed by atoms with van der Waals surface area (Å²) in [5.41, 5.74) is 0. The number of nitrogens with zero attached hydrogens (tertiary/aromatic N) is 2. The van der Waals surface area contributed by atoms with E-state index in [0.717, 1.165) is 45.7 Å². The van der Waals surface area contributed by atoms with E-state index < -0.39 is 0 Å². The van der Waals surface area contributed by atoms with Crippen molar-refractivity contribution in [1.29, 1.82) is 0 Å². The van der Waals surface area contributed by atoms with Gasteiger partial charge in [-0.15, -0.1) is 0 Å². The maximum absolute atomic E-state index is 12.1. The van der Waals surface area contributed by atoms with Crippen LogP contribution in [0.3, 0.4) is 0 Å². The predicted octanol–water partition coefficient (Wildman–Crippen LogP) is 0.517. The molecule has 2 aliphatic rings. The van der Waals surface area contributed by atoms with E-state index in [4.69, 9.17) is 0 Å². The van der Waals surface area contributed by atoms with E-state index in [1.807, 2.05) is 0 Å². The van der Waals surface area contributed by atoms with Gasteiger partial charge in [0.05, 0.1) is 0 Å². The molecule has 21 heavy (non-hydrogen) atoms. The Hall–Kier alpha value is -0.650. The van der Waals surface area contributed by atoms with Crippen molar-refractivity contribution in [2.75, 3.05) is 46.3 Å². The van der Waals surface area contributed by atoms with E-state index >= 15 is 0 Å². The monoisotopic (exact) mass is 296 g/mol. The van der Waals surface area contributed by atoms with Crippen LogP contribution in [0.25, 0.3) is 0 Å². The number of carbonyl (C=O) groups is 1. The molecule has 0 aromatic heterocycles. The van der Waals surface area contributed by atoms with Crippen LogP contribution in [-0.2, 0) is 4.79 Å². The summed E-state index contributed by atoms with van der Waals surface area (Å²) < 4.78 is 0. The highest BCUT2D eigenvalue weighted by Crippen LogP contribution is 2.13. The molecule has 5 heteroatoms. The first kappa shape index (κ1) is 16.7. The summed E-state index contributed by atoms with van der Waals surface area (Å²) in [6, 6.07) is 0.852. The number of piperazine rings is 1. The fraction of sp³-hybridized carbons (Fsp3) is 0.938. The summed E-state index contributed by atoms with van der Waals surface area (Å²) >= 11 is 0. The molecular weight excluding hydrogens is 264 g/mol. The van der Waals surface area contributed by atoms with Crippen LogP contribution < -0.4 is 10.6 Å². The molecule has 5 nitrogen and oxygen atoms in total. The van der Waals surface area contributed by atoms with Crippen molar-refractivity contribution in [2.24, 2.45) is 5.92 Å². The van der Waals surface area contributed by atoms with Gasteiger partial charge in [0.15, 0.2) is 0 Å². The van der Waals surface area contributed by atoms with Gasteiger partial charge in [-0.25, -0.2) is 0 Å².